The maximum Gasteiger partial charge on any atom is 0.335 e. The van der Waals surface area contributed by atoms with Crippen LogP contribution in [0.15, 0.2) is 77.7 Å². The van der Waals surface area contributed by atoms with Gasteiger partial charge >= 0.3 is 5.97 Å². The lowest BCUT2D eigenvalue weighted by atomic mass is 10.0. The number of hydrogen-bond donors (Lipinski definition) is 3. The Labute approximate surface area is 189 Å². The number of pyridine rings is 1. The molecule has 0 spiro atoms. The molecule has 0 aliphatic carbocycles. The standard InChI is InChI=1S/C26H22N2O5/c1-33-21-9-4-17(5-10-21)14-28-25(30)19-8-11-23-22(13-19)24(29)20(15-27-23)12-16-2-6-18(7-3-16)26(31)32/h2-11,13,15H,12,14H2,1H3,(H,27,29)(H,28,30)(H,31,32). The summed E-state index contributed by atoms with van der Waals surface area (Å²) in [7, 11) is 1.60. The lowest BCUT2D eigenvalue weighted by Gasteiger charge is -2.08. The van der Waals surface area contributed by atoms with Crippen molar-refractivity contribution in [2.45, 2.75) is 13.0 Å². The lowest BCUT2D eigenvalue weighted by Crippen LogP contribution is -2.23. The second kappa shape index (κ2) is 9.40. The lowest BCUT2D eigenvalue weighted by molar-refractivity contribution is 0.0696. The van der Waals surface area contributed by atoms with Crippen molar-refractivity contribution < 1.29 is 19.4 Å². The molecule has 7 nitrogen and oxygen atoms in total. The topological polar surface area (TPSA) is 108 Å². The average Bonchev–Trinajstić information content (AvgIpc) is 2.84. The van der Waals surface area contributed by atoms with E-state index in [1.807, 2.05) is 24.3 Å². The zero-order chi connectivity index (χ0) is 23.4. The molecule has 0 saturated carbocycles. The zero-order valence-corrected chi connectivity index (χ0v) is 17.9. The van der Waals surface area contributed by atoms with Gasteiger partial charge in [0.2, 0.25) is 0 Å². The quantitative estimate of drug-likeness (QED) is 0.404. The molecule has 4 rings (SSSR count). The van der Waals surface area contributed by atoms with E-state index in [4.69, 9.17) is 9.84 Å². The molecule has 7 heteroatoms. The van der Waals surface area contributed by atoms with Gasteiger partial charge in [0.15, 0.2) is 5.43 Å². The number of amides is 1. The number of fused-ring (bicyclic) bond motifs is 1. The van der Waals surface area contributed by atoms with E-state index in [1.54, 1.807) is 43.6 Å². The van der Waals surface area contributed by atoms with Crippen LogP contribution in [0.3, 0.4) is 0 Å². The van der Waals surface area contributed by atoms with Gasteiger partial charge in [-0.15, -0.1) is 0 Å². The molecule has 1 amide bonds. The van der Waals surface area contributed by atoms with E-state index in [1.165, 1.54) is 12.1 Å². The fourth-order valence-electron chi connectivity index (χ4n) is 3.55. The summed E-state index contributed by atoms with van der Waals surface area (Å²) in [6, 6.07) is 18.8. The van der Waals surface area contributed by atoms with Crippen molar-refractivity contribution in [1.29, 1.82) is 0 Å². The number of H-pyrrole nitrogens is 1. The van der Waals surface area contributed by atoms with Crippen LogP contribution in [0.4, 0.5) is 0 Å². The van der Waals surface area contributed by atoms with Gasteiger partial charge in [0.05, 0.1) is 12.7 Å². The Morgan fingerprint density at radius 2 is 1.61 bits per heavy atom. The van der Waals surface area contributed by atoms with E-state index in [9.17, 15) is 14.4 Å². The van der Waals surface area contributed by atoms with Crippen molar-refractivity contribution in [3.05, 3.63) is 111 Å². The molecule has 33 heavy (non-hydrogen) atoms. The van der Waals surface area contributed by atoms with Crippen LogP contribution in [0.1, 0.15) is 37.4 Å². The Morgan fingerprint density at radius 1 is 0.939 bits per heavy atom. The highest BCUT2D eigenvalue weighted by molar-refractivity contribution is 5.98. The van der Waals surface area contributed by atoms with E-state index in [0.717, 1.165) is 16.9 Å². The summed E-state index contributed by atoms with van der Waals surface area (Å²) < 4.78 is 5.13. The minimum Gasteiger partial charge on any atom is -0.497 e. The number of carbonyl (C=O) groups is 2. The van der Waals surface area contributed by atoms with Crippen molar-refractivity contribution in [2.75, 3.05) is 7.11 Å². The summed E-state index contributed by atoms with van der Waals surface area (Å²) in [5.74, 6) is -0.530. The number of ether oxygens (including phenoxy) is 1. The molecule has 3 aromatic carbocycles. The van der Waals surface area contributed by atoms with Gasteiger partial charge in [-0.25, -0.2) is 4.79 Å². The second-order valence-corrected chi connectivity index (χ2v) is 7.61. The van der Waals surface area contributed by atoms with Crippen molar-refractivity contribution in [2.24, 2.45) is 0 Å². The molecular formula is C26H22N2O5. The summed E-state index contributed by atoms with van der Waals surface area (Å²) in [4.78, 5) is 39.9. The summed E-state index contributed by atoms with van der Waals surface area (Å²) >= 11 is 0. The Balaban J connectivity index is 1.53. The monoisotopic (exact) mass is 442 g/mol. The Kier molecular flexibility index (Phi) is 6.22. The maximum atomic E-state index is 13.1. The third-order valence-corrected chi connectivity index (χ3v) is 5.43. The SMILES string of the molecule is COc1ccc(CNC(=O)c2ccc3[nH]cc(Cc4ccc(C(=O)O)cc4)c(=O)c3c2)cc1. The number of hydrogen-bond acceptors (Lipinski definition) is 4. The van der Waals surface area contributed by atoms with E-state index in [2.05, 4.69) is 10.3 Å². The van der Waals surface area contributed by atoms with Crippen LogP contribution in [-0.4, -0.2) is 29.1 Å². The molecule has 0 unspecified atom stereocenters. The van der Waals surface area contributed by atoms with Crippen LogP contribution >= 0.6 is 0 Å². The highest BCUT2D eigenvalue weighted by Gasteiger charge is 2.11. The predicted molar refractivity (Wildman–Crippen MR) is 125 cm³/mol. The van der Waals surface area contributed by atoms with Crippen LogP contribution in [0.5, 0.6) is 5.75 Å². The molecule has 1 aromatic heterocycles. The Hall–Kier alpha value is -4.39. The molecule has 0 radical (unpaired) electrons. The molecule has 0 fully saturated rings. The van der Waals surface area contributed by atoms with Crippen molar-refractivity contribution in [3.63, 3.8) is 0 Å². The first-order valence-electron chi connectivity index (χ1n) is 10.3. The van der Waals surface area contributed by atoms with E-state index < -0.39 is 5.97 Å². The number of aromatic amines is 1. The summed E-state index contributed by atoms with van der Waals surface area (Å²) in [5.41, 5.74) is 3.33. The predicted octanol–water partition coefficient (Wildman–Crippen LogP) is 3.76. The first-order chi connectivity index (χ1) is 15.9. The molecule has 0 saturated heterocycles. The second-order valence-electron chi connectivity index (χ2n) is 7.61. The summed E-state index contributed by atoms with van der Waals surface area (Å²) in [5, 5.41) is 12.3. The minimum absolute atomic E-state index is 0.170. The normalized spacial score (nSPS) is 10.7. The Morgan fingerprint density at radius 3 is 2.27 bits per heavy atom. The van der Waals surface area contributed by atoms with Gasteiger partial charge in [0.1, 0.15) is 5.75 Å². The van der Waals surface area contributed by atoms with Crippen molar-refractivity contribution in [3.8, 4) is 5.75 Å². The first-order valence-corrected chi connectivity index (χ1v) is 10.3. The molecule has 0 atom stereocenters. The van der Waals surface area contributed by atoms with Gasteiger partial charge in [-0.2, -0.15) is 0 Å². The summed E-state index contributed by atoms with van der Waals surface area (Å²) in [6.07, 6.45) is 2.00. The molecule has 0 aliphatic heterocycles. The van der Waals surface area contributed by atoms with Crippen LogP contribution in [-0.2, 0) is 13.0 Å². The number of aromatic nitrogens is 1. The van der Waals surface area contributed by atoms with Crippen molar-refractivity contribution >= 4 is 22.8 Å². The molecule has 1 heterocycles. The van der Waals surface area contributed by atoms with Crippen LogP contribution in [0, 0.1) is 0 Å². The van der Waals surface area contributed by atoms with Crippen LogP contribution in [0.2, 0.25) is 0 Å². The minimum atomic E-state index is -0.997. The van der Waals surface area contributed by atoms with Gasteiger partial charge < -0.3 is 20.1 Å². The van der Waals surface area contributed by atoms with Gasteiger partial charge in [-0.05, 0) is 53.6 Å². The molecule has 4 aromatic rings. The number of methoxy groups -OCH3 is 1. The molecule has 0 bridgehead atoms. The average molecular weight is 442 g/mol. The number of benzene rings is 3. The largest absolute Gasteiger partial charge is 0.497 e. The number of rotatable bonds is 7. The van der Waals surface area contributed by atoms with Crippen molar-refractivity contribution in [1.82, 2.24) is 10.3 Å². The van der Waals surface area contributed by atoms with Gasteiger partial charge in [0, 0.05) is 41.2 Å². The van der Waals surface area contributed by atoms with E-state index in [-0.39, 0.29) is 16.9 Å². The molecule has 3 N–H and O–H groups in total. The number of aromatic carboxylic acids is 1. The first kappa shape index (κ1) is 21.8. The highest BCUT2D eigenvalue weighted by atomic mass is 16.5. The molecule has 166 valence electrons. The zero-order valence-electron chi connectivity index (χ0n) is 17.9. The summed E-state index contributed by atoms with van der Waals surface area (Å²) in [6.45, 7) is 0.351. The van der Waals surface area contributed by atoms with Crippen LogP contribution in [0.25, 0.3) is 10.9 Å². The Bertz CT molecular complexity index is 1370. The highest BCUT2D eigenvalue weighted by Crippen LogP contribution is 2.15. The molecular weight excluding hydrogens is 420 g/mol. The number of carbonyl (C=O) groups excluding carboxylic acids is 1. The molecule has 0 aliphatic rings. The third kappa shape index (κ3) is 4.93. The van der Waals surface area contributed by atoms with Gasteiger partial charge in [-0.1, -0.05) is 24.3 Å². The fraction of sp³-hybridized carbons (Fsp3) is 0.115. The van der Waals surface area contributed by atoms with E-state index >= 15 is 0 Å². The van der Waals surface area contributed by atoms with E-state index in [0.29, 0.717) is 35.0 Å². The fourth-order valence-corrected chi connectivity index (χ4v) is 3.55. The smallest absolute Gasteiger partial charge is 0.335 e. The van der Waals surface area contributed by atoms with Gasteiger partial charge in [0.25, 0.3) is 5.91 Å². The number of nitrogens with one attached hydrogen (secondary N) is 2. The number of carboxylic acids is 1. The van der Waals surface area contributed by atoms with Crippen LogP contribution < -0.4 is 15.5 Å². The van der Waals surface area contributed by atoms with Gasteiger partial charge in [-0.3, -0.25) is 9.59 Å². The third-order valence-electron chi connectivity index (χ3n) is 5.43. The maximum absolute atomic E-state index is 13.1. The number of carboxylic acid groups (broad SMARTS) is 1.